The number of carboxylic acids is 1. The van der Waals surface area contributed by atoms with Gasteiger partial charge in [-0.2, -0.15) is 0 Å². The van der Waals surface area contributed by atoms with Crippen molar-refractivity contribution in [3.05, 3.63) is 46.4 Å². The predicted molar refractivity (Wildman–Crippen MR) is 72.8 cm³/mol. The minimum atomic E-state index is -1.12. The van der Waals surface area contributed by atoms with Crippen LogP contribution in [0.5, 0.6) is 0 Å². The summed E-state index contributed by atoms with van der Waals surface area (Å²) in [5, 5.41) is 14.5. The first-order valence-corrected chi connectivity index (χ1v) is 5.96. The number of benzene rings is 2. The van der Waals surface area contributed by atoms with Gasteiger partial charge in [0.15, 0.2) is 5.71 Å². The highest BCUT2D eigenvalue weighted by atomic mass is 79.9. The molecule has 18 heavy (non-hydrogen) atoms. The molecule has 0 aliphatic carbocycles. The summed E-state index contributed by atoms with van der Waals surface area (Å²) >= 11 is 3.37. The van der Waals surface area contributed by atoms with Crippen molar-refractivity contribution in [1.29, 1.82) is 0 Å². The first kappa shape index (κ1) is 12.6. The maximum absolute atomic E-state index is 11.2. The lowest BCUT2D eigenvalue weighted by atomic mass is 10.0. The number of oxime groups is 1. The third-order valence-electron chi connectivity index (χ3n) is 2.48. The van der Waals surface area contributed by atoms with Crippen molar-refractivity contribution in [2.45, 2.75) is 0 Å². The summed E-state index contributed by atoms with van der Waals surface area (Å²) in [6.45, 7) is 0. The Balaban J connectivity index is 2.73. The van der Waals surface area contributed by atoms with Crippen molar-refractivity contribution < 1.29 is 14.7 Å². The summed E-state index contributed by atoms with van der Waals surface area (Å²) in [6.07, 6.45) is 0. The normalized spacial score (nSPS) is 11.6. The quantitative estimate of drug-likeness (QED) is 0.700. The van der Waals surface area contributed by atoms with E-state index in [2.05, 4.69) is 25.9 Å². The molecule has 5 heteroatoms. The highest BCUT2D eigenvalue weighted by Crippen LogP contribution is 2.24. The van der Waals surface area contributed by atoms with Gasteiger partial charge >= 0.3 is 5.97 Å². The maximum Gasteiger partial charge on any atom is 0.358 e. The molecule has 0 saturated heterocycles. The molecule has 0 aliphatic heterocycles. The van der Waals surface area contributed by atoms with Gasteiger partial charge in [0, 0.05) is 10.0 Å². The Labute approximate surface area is 112 Å². The van der Waals surface area contributed by atoms with Crippen LogP contribution in [-0.4, -0.2) is 23.9 Å². The maximum atomic E-state index is 11.2. The second-order valence-electron chi connectivity index (χ2n) is 3.60. The molecule has 92 valence electrons. The second-order valence-corrected chi connectivity index (χ2v) is 4.51. The van der Waals surface area contributed by atoms with E-state index in [0.717, 1.165) is 15.2 Å². The van der Waals surface area contributed by atoms with E-state index in [4.69, 9.17) is 5.11 Å². The molecular formula is C13H10BrNO3. The van der Waals surface area contributed by atoms with E-state index in [1.165, 1.54) is 7.11 Å². The van der Waals surface area contributed by atoms with E-state index in [9.17, 15) is 4.79 Å². The van der Waals surface area contributed by atoms with Gasteiger partial charge in [-0.05, 0) is 22.9 Å². The predicted octanol–water partition coefficient (Wildman–Crippen LogP) is 3.04. The lowest BCUT2D eigenvalue weighted by molar-refractivity contribution is -0.129. The molecule has 0 amide bonds. The number of hydrogen-bond donors (Lipinski definition) is 1. The molecule has 0 saturated carbocycles. The van der Waals surface area contributed by atoms with E-state index in [1.807, 2.05) is 24.3 Å². The number of fused-ring (bicyclic) bond motifs is 1. The summed E-state index contributed by atoms with van der Waals surface area (Å²) in [6, 6.07) is 11.1. The fourth-order valence-corrected chi connectivity index (χ4v) is 2.11. The number of nitrogens with zero attached hydrogens (tertiary/aromatic N) is 1. The van der Waals surface area contributed by atoms with Crippen LogP contribution in [0.2, 0.25) is 0 Å². The lowest BCUT2D eigenvalue weighted by Crippen LogP contribution is -2.15. The zero-order valence-electron chi connectivity index (χ0n) is 9.55. The van der Waals surface area contributed by atoms with Crippen LogP contribution in [0.3, 0.4) is 0 Å². The number of carbonyl (C=O) groups is 1. The molecule has 1 N–H and O–H groups in total. The van der Waals surface area contributed by atoms with Crippen molar-refractivity contribution in [1.82, 2.24) is 0 Å². The Morgan fingerprint density at radius 3 is 2.78 bits per heavy atom. The van der Waals surface area contributed by atoms with Gasteiger partial charge in [0.05, 0.1) is 0 Å². The summed E-state index contributed by atoms with van der Waals surface area (Å²) in [5.41, 5.74) is 0.421. The van der Waals surface area contributed by atoms with Crippen LogP contribution in [0, 0.1) is 0 Å². The molecule has 0 radical (unpaired) electrons. The van der Waals surface area contributed by atoms with Crippen LogP contribution < -0.4 is 0 Å². The van der Waals surface area contributed by atoms with Crippen molar-refractivity contribution in [3.8, 4) is 0 Å². The minimum absolute atomic E-state index is 0.110. The van der Waals surface area contributed by atoms with E-state index < -0.39 is 5.97 Å². The Morgan fingerprint density at radius 2 is 2.11 bits per heavy atom. The van der Waals surface area contributed by atoms with Crippen molar-refractivity contribution in [2.24, 2.45) is 5.16 Å². The summed E-state index contributed by atoms with van der Waals surface area (Å²) < 4.78 is 0.879. The van der Waals surface area contributed by atoms with Crippen LogP contribution in [0.15, 0.2) is 46.0 Å². The molecule has 0 aliphatic rings. The second kappa shape index (κ2) is 5.18. The molecule has 0 aromatic heterocycles. The fourth-order valence-electron chi connectivity index (χ4n) is 1.75. The zero-order chi connectivity index (χ0) is 13.1. The van der Waals surface area contributed by atoms with Gasteiger partial charge in [0.1, 0.15) is 7.11 Å². The van der Waals surface area contributed by atoms with Crippen LogP contribution >= 0.6 is 15.9 Å². The third kappa shape index (κ3) is 2.36. The Bertz CT molecular complexity index is 637. The van der Waals surface area contributed by atoms with Crippen molar-refractivity contribution >= 4 is 38.4 Å². The van der Waals surface area contributed by atoms with Gasteiger partial charge in [0.25, 0.3) is 0 Å². The number of hydrogen-bond acceptors (Lipinski definition) is 3. The van der Waals surface area contributed by atoms with Crippen LogP contribution in [0.25, 0.3) is 10.8 Å². The summed E-state index contributed by atoms with van der Waals surface area (Å²) in [7, 11) is 1.32. The largest absolute Gasteiger partial charge is 0.476 e. The lowest BCUT2D eigenvalue weighted by Gasteiger charge is -2.06. The van der Waals surface area contributed by atoms with Gasteiger partial charge in [-0.15, -0.1) is 0 Å². The Hall–Kier alpha value is -1.88. The molecule has 0 bridgehead atoms. The molecule has 2 aromatic carbocycles. The Kier molecular flexibility index (Phi) is 3.62. The SMILES string of the molecule is CON=C(C(=O)O)c1cccc2ccc(Br)cc12. The molecule has 0 spiro atoms. The van der Waals surface area contributed by atoms with Gasteiger partial charge < -0.3 is 9.94 Å². The van der Waals surface area contributed by atoms with Gasteiger partial charge in [-0.25, -0.2) is 4.79 Å². The molecule has 4 nitrogen and oxygen atoms in total. The molecule has 0 unspecified atom stereocenters. The number of carboxylic acid groups (broad SMARTS) is 1. The molecule has 0 heterocycles. The zero-order valence-corrected chi connectivity index (χ0v) is 11.1. The molecule has 0 atom stereocenters. The third-order valence-corrected chi connectivity index (χ3v) is 2.98. The van der Waals surface area contributed by atoms with Gasteiger partial charge in [-0.1, -0.05) is 45.4 Å². The minimum Gasteiger partial charge on any atom is -0.476 e. The highest BCUT2D eigenvalue weighted by Gasteiger charge is 2.16. The summed E-state index contributed by atoms with van der Waals surface area (Å²) in [5.74, 6) is -1.12. The van der Waals surface area contributed by atoms with Gasteiger partial charge in [-0.3, -0.25) is 0 Å². The number of rotatable bonds is 3. The molecule has 0 fully saturated rings. The first-order chi connectivity index (χ1) is 8.63. The Morgan fingerprint density at radius 1 is 1.33 bits per heavy atom. The number of halogens is 1. The molecule has 2 aromatic rings. The van der Waals surface area contributed by atoms with E-state index in [1.54, 1.807) is 12.1 Å². The van der Waals surface area contributed by atoms with Crippen LogP contribution in [-0.2, 0) is 9.63 Å². The van der Waals surface area contributed by atoms with E-state index in [0.29, 0.717) is 5.56 Å². The average Bonchev–Trinajstić information content (AvgIpc) is 2.35. The standard InChI is InChI=1S/C13H10BrNO3/c1-18-15-12(13(16)17)10-4-2-3-8-5-6-9(14)7-11(8)10/h2-7H,1H3,(H,16,17). The highest BCUT2D eigenvalue weighted by molar-refractivity contribution is 9.10. The van der Waals surface area contributed by atoms with E-state index >= 15 is 0 Å². The smallest absolute Gasteiger partial charge is 0.358 e. The topological polar surface area (TPSA) is 58.9 Å². The monoisotopic (exact) mass is 307 g/mol. The van der Waals surface area contributed by atoms with E-state index in [-0.39, 0.29) is 5.71 Å². The van der Waals surface area contributed by atoms with Crippen molar-refractivity contribution in [3.63, 3.8) is 0 Å². The van der Waals surface area contributed by atoms with Crippen molar-refractivity contribution in [2.75, 3.05) is 7.11 Å². The molecular weight excluding hydrogens is 298 g/mol. The summed E-state index contributed by atoms with van der Waals surface area (Å²) in [4.78, 5) is 15.8. The molecule has 2 rings (SSSR count). The number of aliphatic carboxylic acids is 1. The first-order valence-electron chi connectivity index (χ1n) is 5.16. The van der Waals surface area contributed by atoms with Crippen LogP contribution in [0.4, 0.5) is 0 Å². The average molecular weight is 308 g/mol. The van der Waals surface area contributed by atoms with Gasteiger partial charge in [0.2, 0.25) is 0 Å². The fraction of sp³-hybridized carbons (Fsp3) is 0.0769. The van der Waals surface area contributed by atoms with Crippen LogP contribution in [0.1, 0.15) is 5.56 Å².